The molecule has 0 saturated carbocycles. The van der Waals surface area contributed by atoms with E-state index in [1.54, 1.807) is 12.1 Å². The van der Waals surface area contributed by atoms with Crippen LogP contribution in [0.5, 0.6) is 11.5 Å². The topological polar surface area (TPSA) is 32.7 Å². The molecule has 14 heavy (non-hydrogen) atoms. The molecule has 0 atom stereocenters. The van der Waals surface area contributed by atoms with Gasteiger partial charge in [-0.25, -0.2) is 0 Å². The molecule has 0 bridgehead atoms. The average molecular weight is 216 g/mol. The van der Waals surface area contributed by atoms with Gasteiger partial charge in [-0.2, -0.15) is 0 Å². The van der Waals surface area contributed by atoms with Gasteiger partial charge in [0.1, 0.15) is 0 Å². The van der Waals surface area contributed by atoms with Gasteiger partial charge in [-0.3, -0.25) is 0 Å². The number of rotatable bonds is 3. The van der Waals surface area contributed by atoms with Crippen molar-refractivity contribution in [3.63, 3.8) is 0 Å². The van der Waals surface area contributed by atoms with E-state index in [1.807, 2.05) is 19.0 Å². The van der Waals surface area contributed by atoms with Crippen molar-refractivity contribution < 1.29 is 9.84 Å². The van der Waals surface area contributed by atoms with Crippen molar-refractivity contribution in [1.29, 1.82) is 0 Å². The molecule has 0 radical (unpaired) electrons. The first kappa shape index (κ1) is 11.1. The van der Waals surface area contributed by atoms with Gasteiger partial charge in [-0.05, 0) is 31.8 Å². The molecule has 1 aromatic rings. The Hall–Kier alpha value is -0.930. The Morgan fingerprint density at radius 2 is 2.07 bits per heavy atom. The number of benzene rings is 1. The van der Waals surface area contributed by atoms with E-state index in [0.717, 1.165) is 12.1 Å². The largest absolute Gasteiger partial charge is 0.503 e. The first-order chi connectivity index (χ1) is 6.54. The predicted octanol–water partition coefficient (Wildman–Crippen LogP) is 2.12. The van der Waals surface area contributed by atoms with E-state index >= 15 is 0 Å². The Morgan fingerprint density at radius 3 is 2.57 bits per heavy atom. The third-order valence-electron chi connectivity index (χ3n) is 1.81. The fourth-order valence-corrected chi connectivity index (χ4v) is 1.47. The molecule has 0 amide bonds. The van der Waals surface area contributed by atoms with Crippen LogP contribution in [-0.2, 0) is 6.54 Å². The normalized spacial score (nSPS) is 10.6. The summed E-state index contributed by atoms with van der Waals surface area (Å²) < 4.78 is 5.00. The van der Waals surface area contributed by atoms with Crippen LogP contribution in [0.3, 0.4) is 0 Å². The molecule has 0 fully saturated rings. The molecule has 0 aromatic heterocycles. The fraction of sp³-hybridized carbons (Fsp3) is 0.400. The molecule has 3 nitrogen and oxygen atoms in total. The highest BCUT2D eigenvalue weighted by molar-refractivity contribution is 6.32. The summed E-state index contributed by atoms with van der Waals surface area (Å²) in [6.07, 6.45) is 0. The lowest BCUT2D eigenvalue weighted by Gasteiger charge is -2.12. The van der Waals surface area contributed by atoms with Crippen LogP contribution in [0.4, 0.5) is 0 Å². The van der Waals surface area contributed by atoms with Crippen molar-refractivity contribution in [3.05, 3.63) is 22.7 Å². The van der Waals surface area contributed by atoms with Gasteiger partial charge in [-0.15, -0.1) is 0 Å². The number of halogens is 1. The second-order valence-electron chi connectivity index (χ2n) is 3.37. The monoisotopic (exact) mass is 215 g/mol. The molecule has 0 unspecified atom stereocenters. The second-order valence-corrected chi connectivity index (χ2v) is 3.77. The molecule has 0 aliphatic rings. The zero-order chi connectivity index (χ0) is 10.7. The number of nitrogens with zero attached hydrogens (tertiary/aromatic N) is 1. The van der Waals surface area contributed by atoms with Crippen molar-refractivity contribution in [2.45, 2.75) is 6.54 Å². The molecule has 0 aliphatic carbocycles. The molecule has 1 N–H and O–H groups in total. The van der Waals surface area contributed by atoms with E-state index in [0.29, 0.717) is 10.8 Å². The molecule has 0 heterocycles. The Bertz CT molecular complexity index is 326. The van der Waals surface area contributed by atoms with Crippen LogP contribution < -0.4 is 4.74 Å². The van der Waals surface area contributed by atoms with E-state index in [1.165, 1.54) is 7.11 Å². The summed E-state index contributed by atoms with van der Waals surface area (Å²) in [6.45, 7) is 0.760. The third kappa shape index (κ3) is 2.53. The van der Waals surface area contributed by atoms with E-state index in [2.05, 4.69) is 0 Å². The van der Waals surface area contributed by atoms with Crippen LogP contribution >= 0.6 is 11.6 Å². The van der Waals surface area contributed by atoms with Crippen LogP contribution in [0, 0.1) is 0 Å². The number of phenolic OH excluding ortho intramolecular Hbond substituents is 1. The van der Waals surface area contributed by atoms with Crippen molar-refractivity contribution in [3.8, 4) is 11.5 Å². The minimum Gasteiger partial charge on any atom is -0.503 e. The predicted molar refractivity (Wildman–Crippen MR) is 57.1 cm³/mol. The number of aromatic hydroxyl groups is 1. The maximum absolute atomic E-state index is 9.49. The van der Waals surface area contributed by atoms with Gasteiger partial charge in [0.05, 0.1) is 12.1 Å². The van der Waals surface area contributed by atoms with Crippen LogP contribution in [0.15, 0.2) is 12.1 Å². The van der Waals surface area contributed by atoms with Crippen molar-refractivity contribution >= 4 is 11.6 Å². The van der Waals surface area contributed by atoms with Gasteiger partial charge < -0.3 is 14.7 Å². The first-order valence-corrected chi connectivity index (χ1v) is 4.62. The summed E-state index contributed by atoms with van der Waals surface area (Å²) in [5.74, 6) is 0.408. The Labute approximate surface area is 88.9 Å². The van der Waals surface area contributed by atoms with E-state index in [-0.39, 0.29) is 5.75 Å². The first-order valence-electron chi connectivity index (χ1n) is 4.24. The standard InChI is InChI=1S/C10H14ClNO2/c1-12(2)6-7-4-8(11)10(13)9(5-7)14-3/h4-5,13H,6H2,1-3H3. The van der Waals surface area contributed by atoms with Crippen LogP contribution in [0.1, 0.15) is 5.56 Å². The molecule has 0 saturated heterocycles. The number of methoxy groups -OCH3 is 1. The molecular formula is C10H14ClNO2. The fourth-order valence-electron chi connectivity index (χ4n) is 1.24. The Kier molecular flexibility index (Phi) is 3.61. The lowest BCUT2D eigenvalue weighted by molar-refractivity contribution is 0.369. The minimum atomic E-state index is -0.00308. The van der Waals surface area contributed by atoms with Crippen LogP contribution in [-0.4, -0.2) is 31.2 Å². The quantitative estimate of drug-likeness (QED) is 0.839. The minimum absolute atomic E-state index is 0.00308. The maximum atomic E-state index is 9.49. The van der Waals surface area contributed by atoms with Gasteiger partial charge in [0.25, 0.3) is 0 Å². The molecular weight excluding hydrogens is 202 g/mol. The lowest BCUT2D eigenvalue weighted by Crippen LogP contribution is -2.10. The Balaban J connectivity index is 3.03. The highest BCUT2D eigenvalue weighted by Crippen LogP contribution is 2.34. The highest BCUT2D eigenvalue weighted by atomic mass is 35.5. The van der Waals surface area contributed by atoms with Gasteiger partial charge >= 0.3 is 0 Å². The number of phenols is 1. The number of ether oxygens (including phenoxy) is 1. The summed E-state index contributed by atoms with van der Waals surface area (Å²) >= 11 is 5.83. The maximum Gasteiger partial charge on any atom is 0.176 e. The van der Waals surface area contributed by atoms with Gasteiger partial charge in [0.15, 0.2) is 11.5 Å². The summed E-state index contributed by atoms with van der Waals surface area (Å²) in [4.78, 5) is 2.02. The summed E-state index contributed by atoms with van der Waals surface area (Å²) in [6, 6.07) is 3.51. The molecule has 1 rings (SSSR count). The second kappa shape index (κ2) is 4.53. The summed E-state index contributed by atoms with van der Waals surface area (Å²) in [5.41, 5.74) is 1.01. The number of hydrogen-bond acceptors (Lipinski definition) is 3. The molecule has 4 heteroatoms. The van der Waals surface area contributed by atoms with Gasteiger partial charge in [0, 0.05) is 6.54 Å². The number of hydrogen-bond donors (Lipinski definition) is 1. The van der Waals surface area contributed by atoms with Crippen LogP contribution in [0.25, 0.3) is 0 Å². The molecule has 1 aromatic carbocycles. The van der Waals surface area contributed by atoms with Gasteiger partial charge in [-0.1, -0.05) is 11.6 Å². The van der Waals surface area contributed by atoms with Gasteiger partial charge in [0.2, 0.25) is 0 Å². The van der Waals surface area contributed by atoms with E-state index in [9.17, 15) is 5.11 Å². The zero-order valence-corrected chi connectivity index (χ0v) is 9.30. The van der Waals surface area contributed by atoms with Crippen molar-refractivity contribution in [1.82, 2.24) is 4.90 Å². The van der Waals surface area contributed by atoms with Crippen molar-refractivity contribution in [2.24, 2.45) is 0 Å². The molecule has 78 valence electrons. The SMILES string of the molecule is COc1cc(CN(C)C)cc(Cl)c1O. The summed E-state index contributed by atoms with van der Waals surface area (Å²) in [5, 5.41) is 9.81. The average Bonchev–Trinajstić information content (AvgIpc) is 2.10. The lowest BCUT2D eigenvalue weighted by atomic mass is 10.2. The smallest absolute Gasteiger partial charge is 0.176 e. The van der Waals surface area contributed by atoms with E-state index < -0.39 is 0 Å². The summed E-state index contributed by atoms with van der Waals surface area (Å²) in [7, 11) is 5.44. The molecule has 0 aliphatic heterocycles. The highest BCUT2D eigenvalue weighted by Gasteiger charge is 2.08. The third-order valence-corrected chi connectivity index (χ3v) is 2.10. The Morgan fingerprint density at radius 1 is 1.43 bits per heavy atom. The zero-order valence-electron chi connectivity index (χ0n) is 8.54. The van der Waals surface area contributed by atoms with Crippen molar-refractivity contribution in [2.75, 3.05) is 21.2 Å². The van der Waals surface area contributed by atoms with E-state index in [4.69, 9.17) is 16.3 Å². The van der Waals surface area contributed by atoms with Crippen LogP contribution in [0.2, 0.25) is 5.02 Å². The molecule has 0 spiro atoms.